The molecule has 4 heterocycles. The van der Waals surface area contributed by atoms with Crippen molar-refractivity contribution in [1.29, 1.82) is 0 Å². The van der Waals surface area contributed by atoms with Crippen molar-refractivity contribution in [2.75, 3.05) is 39.0 Å². The van der Waals surface area contributed by atoms with Gasteiger partial charge in [-0.25, -0.2) is 14.4 Å². The molecule has 21 heteroatoms. The minimum absolute atomic E-state index is 0.0240. The number of amides is 5. The van der Waals surface area contributed by atoms with E-state index in [2.05, 4.69) is 5.32 Å². The molecule has 67 heavy (non-hydrogen) atoms. The molecule has 5 rings (SSSR count). The Morgan fingerprint density at radius 1 is 1.10 bits per heavy atom. The van der Waals surface area contributed by atoms with E-state index in [1.807, 2.05) is 26.8 Å². The fourth-order valence-corrected chi connectivity index (χ4v) is 11.1. The SMILES string of the molecule is COc1cc2cc(c1Cl)N(C)C(=O)CC(OC(=O)C(C)N(C)C(=O)CCC(C)(C)SSCCCC(=O)ON1C(=O)CCC1=O)C1(C)OC1C(C)C1CC(O)(NC(=O)O1)C(OC)/C=C/C=C(\C)C2. The molecular weight excluding hydrogens is 932 g/mol. The lowest BCUT2D eigenvalue weighted by Crippen LogP contribution is -2.63. The molecule has 3 fully saturated rings. The fourth-order valence-electron chi connectivity index (χ4n) is 8.13. The van der Waals surface area contributed by atoms with Crippen molar-refractivity contribution in [3.63, 3.8) is 0 Å². The number of carbonyl (C=O) groups is 7. The lowest BCUT2D eigenvalue weighted by molar-refractivity contribution is -0.197. The number of alkyl carbamates (subject to hydrolysis) is 1. The van der Waals surface area contributed by atoms with Crippen LogP contribution in [0.5, 0.6) is 5.75 Å². The van der Waals surface area contributed by atoms with Crippen LogP contribution in [-0.2, 0) is 59.0 Å². The number of rotatable bonds is 15. The maximum absolute atomic E-state index is 14.3. The van der Waals surface area contributed by atoms with E-state index >= 15 is 0 Å². The number of anilines is 1. The first-order chi connectivity index (χ1) is 31.4. The number of allylic oxidation sites excluding steroid dienone is 3. The van der Waals surface area contributed by atoms with Crippen LogP contribution < -0.4 is 15.0 Å². The lowest BCUT2D eigenvalue weighted by Gasteiger charge is -2.42. The van der Waals surface area contributed by atoms with Gasteiger partial charge in [0, 0.05) is 69.7 Å². The number of epoxide rings is 1. The number of ether oxygens (including phenoxy) is 5. The molecule has 370 valence electrons. The highest BCUT2D eigenvalue weighted by Crippen LogP contribution is 2.49. The van der Waals surface area contributed by atoms with Crippen LogP contribution >= 0.6 is 33.2 Å². The summed E-state index contributed by atoms with van der Waals surface area (Å²) in [7, 11) is 9.02. The predicted molar refractivity (Wildman–Crippen MR) is 251 cm³/mol. The standard InChI is InChI=1S/C46H63ClN4O14S2/c1-26-13-11-14-33(61-10)46(59)25-32(62-43(58)48-46)27(2)41-45(6,64-41)34(24-38(55)50(8)30-22-29(21-26)23-31(60-9)40(30)47)63-42(57)28(3)49(7)35(52)18-19-44(4,5)67-66-20-12-15-39(56)65-51-36(53)16-17-37(51)54/h11,13-14,22-23,27-28,32-34,41,59H,12,15-21,24-25H2,1-10H3,(H,48,58)/b14-11+,26-13+. The summed E-state index contributed by atoms with van der Waals surface area (Å²) in [5.74, 6) is -2.94. The Labute approximate surface area is 404 Å². The number of aliphatic hydroxyl groups is 1. The number of esters is 1. The van der Waals surface area contributed by atoms with Crippen LogP contribution in [0.2, 0.25) is 5.02 Å². The molecule has 8 unspecified atom stereocenters. The van der Waals surface area contributed by atoms with Crippen molar-refractivity contribution >= 4 is 80.5 Å². The van der Waals surface area contributed by atoms with Gasteiger partial charge in [0.25, 0.3) is 11.8 Å². The second kappa shape index (κ2) is 22.4. The zero-order chi connectivity index (χ0) is 49.6. The van der Waals surface area contributed by atoms with Crippen LogP contribution in [0.4, 0.5) is 10.5 Å². The number of benzene rings is 1. The number of imide groups is 1. The van der Waals surface area contributed by atoms with Crippen LogP contribution in [0, 0.1) is 5.92 Å². The van der Waals surface area contributed by atoms with Crippen molar-refractivity contribution in [1.82, 2.24) is 15.3 Å². The molecule has 1 aromatic carbocycles. The van der Waals surface area contributed by atoms with Crippen LogP contribution in [-0.4, -0.2) is 137 Å². The van der Waals surface area contributed by atoms with Crippen molar-refractivity contribution in [3.05, 3.63) is 46.5 Å². The van der Waals surface area contributed by atoms with Crippen molar-refractivity contribution in [3.8, 4) is 5.75 Å². The van der Waals surface area contributed by atoms with Gasteiger partial charge >= 0.3 is 18.0 Å². The monoisotopic (exact) mass is 994 g/mol. The number of methoxy groups -OCH3 is 2. The number of hydroxylamine groups is 2. The molecule has 5 amide bonds. The van der Waals surface area contributed by atoms with Gasteiger partial charge in [-0.2, -0.15) is 0 Å². The molecule has 4 aliphatic heterocycles. The molecule has 18 nitrogen and oxygen atoms in total. The molecule has 0 aromatic heterocycles. The van der Waals surface area contributed by atoms with E-state index in [0.717, 1.165) is 11.1 Å². The molecule has 4 bridgehead atoms. The number of nitrogens with one attached hydrogen (secondary N) is 1. The van der Waals surface area contributed by atoms with Gasteiger partial charge < -0.3 is 43.4 Å². The van der Waals surface area contributed by atoms with Crippen LogP contribution in [0.1, 0.15) is 98.5 Å². The Bertz CT molecular complexity index is 2120. The number of nitrogens with zero attached hydrogens (tertiary/aromatic N) is 3. The maximum atomic E-state index is 14.3. The van der Waals surface area contributed by atoms with Crippen LogP contribution in [0.25, 0.3) is 0 Å². The van der Waals surface area contributed by atoms with Gasteiger partial charge in [0.05, 0.1) is 25.3 Å². The summed E-state index contributed by atoms with van der Waals surface area (Å²) < 4.78 is 29.1. The normalized spacial score (nSPS) is 28.6. The summed E-state index contributed by atoms with van der Waals surface area (Å²) in [5, 5.41) is 15.1. The molecule has 4 aliphatic rings. The number of carbonyl (C=O) groups excluding carboxylic acids is 7. The van der Waals surface area contributed by atoms with E-state index in [-0.39, 0.29) is 54.2 Å². The van der Waals surface area contributed by atoms with Gasteiger partial charge in [-0.1, -0.05) is 63.9 Å². The van der Waals surface area contributed by atoms with Crippen molar-refractivity contribution in [2.45, 2.75) is 146 Å². The van der Waals surface area contributed by atoms with E-state index in [1.54, 1.807) is 56.0 Å². The Balaban J connectivity index is 1.28. The molecule has 0 saturated carbocycles. The van der Waals surface area contributed by atoms with E-state index in [9.17, 15) is 38.7 Å². The second-order valence-electron chi connectivity index (χ2n) is 18.2. The summed E-state index contributed by atoms with van der Waals surface area (Å²) in [6, 6.07) is 2.48. The van der Waals surface area contributed by atoms with Crippen LogP contribution in [0.3, 0.4) is 0 Å². The minimum atomic E-state index is -1.86. The summed E-state index contributed by atoms with van der Waals surface area (Å²) in [5.41, 5.74) is -1.09. The Hall–Kier alpha value is -4.34. The van der Waals surface area contributed by atoms with E-state index in [0.29, 0.717) is 41.5 Å². The average molecular weight is 996 g/mol. The first-order valence-corrected chi connectivity index (χ1v) is 24.8. The van der Waals surface area contributed by atoms with E-state index in [1.165, 1.54) is 48.8 Å². The highest BCUT2D eigenvalue weighted by molar-refractivity contribution is 8.77. The third-order valence-electron chi connectivity index (χ3n) is 12.6. The minimum Gasteiger partial charge on any atom is -0.495 e. The molecule has 1 aromatic rings. The summed E-state index contributed by atoms with van der Waals surface area (Å²) in [6.07, 6.45) is 1.65. The summed E-state index contributed by atoms with van der Waals surface area (Å²) >= 11 is 6.81. The molecule has 0 aliphatic carbocycles. The predicted octanol–water partition coefficient (Wildman–Crippen LogP) is 5.84. The molecule has 3 saturated heterocycles. The molecule has 2 N–H and O–H groups in total. The molecule has 0 spiro atoms. The third kappa shape index (κ3) is 13.3. The zero-order valence-electron chi connectivity index (χ0n) is 39.7. The molecule has 8 atom stereocenters. The summed E-state index contributed by atoms with van der Waals surface area (Å²) in [4.78, 5) is 98.1. The Morgan fingerprint density at radius 2 is 1.79 bits per heavy atom. The van der Waals surface area contributed by atoms with Crippen molar-refractivity contribution in [2.24, 2.45) is 5.92 Å². The van der Waals surface area contributed by atoms with Crippen LogP contribution in [0.15, 0.2) is 35.9 Å². The highest BCUT2D eigenvalue weighted by Gasteiger charge is 2.64. The van der Waals surface area contributed by atoms with Gasteiger partial charge in [-0.3, -0.25) is 24.5 Å². The topological polar surface area (TPSA) is 220 Å². The largest absolute Gasteiger partial charge is 0.495 e. The summed E-state index contributed by atoms with van der Waals surface area (Å²) in [6.45, 7) is 10.9. The first kappa shape index (κ1) is 53.6. The second-order valence-corrected chi connectivity index (χ2v) is 21.7. The van der Waals surface area contributed by atoms with Crippen molar-refractivity contribution < 1.29 is 67.2 Å². The van der Waals surface area contributed by atoms with Gasteiger partial charge in [-0.05, 0) is 71.6 Å². The quantitative estimate of drug-likeness (QED) is 0.0693. The fraction of sp³-hybridized carbons (Fsp3) is 0.630. The van der Waals surface area contributed by atoms with Gasteiger partial charge in [-0.15, -0.1) is 5.06 Å². The number of fused-ring (bicyclic) bond motifs is 5. The molecular formula is C46H63ClN4O14S2. The maximum Gasteiger partial charge on any atom is 0.409 e. The van der Waals surface area contributed by atoms with E-state index < -0.39 is 83.5 Å². The highest BCUT2D eigenvalue weighted by atomic mass is 35.5. The zero-order valence-corrected chi connectivity index (χ0v) is 42.1. The van der Waals surface area contributed by atoms with Gasteiger partial charge in [0.2, 0.25) is 11.8 Å². The first-order valence-electron chi connectivity index (χ1n) is 22.2. The van der Waals surface area contributed by atoms with Gasteiger partial charge in [0.1, 0.15) is 40.7 Å². The number of halogens is 1. The third-order valence-corrected chi connectivity index (χ3v) is 16.4. The number of hydrogen-bond donors (Lipinski definition) is 2. The van der Waals surface area contributed by atoms with Gasteiger partial charge in [0.15, 0.2) is 5.72 Å². The molecule has 0 radical (unpaired) electrons. The Kier molecular flexibility index (Phi) is 17.9. The number of likely N-dealkylation sites (N-methyl/N-ethyl adjacent to an activating group) is 1. The Morgan fingerprint density at radius 3 is 2.45 bits per heavy atom. The average Bonchev–Trinajstić information content (AvgIpc) is 3.88. The lowest BCUT2D eigenvalue weighted by atomic mass is 9.83. The number of hydrogen-bond acceptors (Lipinski definition) is 16. The van der Waals surface area contributed by atoms with E-state index in [4.69, 9.17) is 40.1 Å². The smallest absolute Gasteiger partial charge is 0.409 e.